The minimum Gasteiger partial charge on any atom is -0.459 e. The van der Waals surface area contributed by atoms with Gasteiger partial charge in [0, 0.05) is 49.8 Å². The highest BCUT2D eigenvalue weighted by molar-refractivity contribution is 5.96. The van der Waals surface area contributed by atoms with E-state index in [4.69, 9.17) is 4.74 Å². The Labute approximate surface area is 209 Å². The smallest absolute Gasteiger partial charge is 0.338 e. The van der Waals surface area contributed by atoms with Crippen LogP contribution in [0.2, 0.25) is 0 Å². The molecule has 0 bridgehead atoms. The number of fused-ring (bicyclic) bond motifs is 1. The average Bonchev–Trinajstić information content (AvgIpc) is 3.26. The van der Waals surface area contributed by atoms with E-state index >= 15 is 0 Å². The molecule has 3 aromatic heterocycles. The van der Waals surface area contributed by atoms with Crippen molar-refractivity contribution in [3.8, 4) is 11.1 Å². The number of hydrogen-bond acceptors (Lipinski definition) is 5. The normalized spacial score (nSPS) is 14.8. The fraction of sp³-hybridized carbons (Fsp3) is 0.448. The maximum atomic E-state index is 13.2. The zero-order valence-electron chi connectivity index (χ0n) is 22.0. The van der Waals surface area contributed by atoms with Crippen molar-refractivity contribution in [1.29, 1.82) is 0 Å². The van der Waals surface area contributed by atoms with Gasteiger partial charge in [0.2, 0.25) is 0 Å². The lowest BCUT2D eigenvalue weighted by molar-refractivity contribution is 0.0377. The summed E-state index contributed by atoms with van der Waals surface area (Å²) in [7, 11) is 0. The third-order valence-electron chi connectivity index (χ3n) is 6.93. The number of carbonyl (C=O) groups is 1. The molecule has 6 heteroatoms. The standard InChI is InChI=1S/C29H38N4O2/c1-8-31-13-15-32(16-14-31)22(7)28-21(6)25(29(34)35-20(4)5)18-27-24(10-12-33(27)28)23-9-11-30-26(17-23)19(2)3/h9-12,17-20H,7-8,13-16H2,1-6H3. The molecule has 1 aliphatic rings. The number of carbonyl (C=O) groups excluding carboxylic acids is 1. The molecule has 4 heterocycles. The summed E-state index contributed by atoms with van der Waals surface area (Å²) < 4.78 is 7.82. The van der Waals surface area contributed by atoms with Crippen LogP contribution in [0.15, 0.2) is 43.2 Å². The van der Waals surface area contributed by atoms with Crippen LogP contribution in [0.3, 0.4) is 0 Å². The Morgan fingerprint density at radius 1 is 1.11 bits per heavy atom. The lowest BCUT2D eigenvalue weighted by atomic mass is 10.00. The van der Waals surface area contributed by atoms with Crippen LogP contribution in [0.4, 0.5) is 0 Å². The van der Waals surface area contributed by atoms with Gasteiger partial charge in [0.05, 0.1) is 28.6 Å². The molecule has 0 aromatic carbocycles. The van der Waals surface area contributed by atoms with Crippen LogP contribution in [-0.4, -0.2) is 64.0 Å². The van der Waals surface area contributed by atoms with Crippen LogP contribution < -0.4 is 0 Å². The number of pyridine rings is 2. The first-order valence-electron chi connectivity index (χ1n) is 12.7. The number of rotatable bonds is 7. The Kier molecular flexibility index (Phi) is 7.31. The molecule has 6 nitrogen and oxygen atoms in total. The van der Waals surface area contributed by atoms with E-state index in [1.807, 2.05) is 39.1 Å². The van der Waals surface area contributed by atoms with Gasteiger partial charge in [0.15, 0.2) is 0 Å². The number of ether oxygens (including phenoxy) is 1. The molecule has 0 spiro atoms. The lowest BCUT2D eigenvalue weighted by Gasteiger charge is -2.37. The van der Waals surface area contributed by atoms with Crippen molar-refractivity contribution < 1.29 is 9.53 Å². The number of nitrogens with zero attached hydrogens (tertiary/aromatic N) is 4. The van der Waals surface area contributed by atoms with E-state index in [1.54, 1.807) is 0 Å². The summed E-state index contributed by atoms with van der Waals surface area (Å²) in [5.41, 5.74) is 7.57. The van der Waals surface area contributed by atoms with Crippen LogP contribution in [0.5, 0.6) is 0 Å². The summed E-state index contributed by atoms with van der Waals surface area (Å²) in [4.78, 5) is 22.5. The molecule has 0 radical (unpaired) electrons. The van der Waals surface area contributed by atoms with Crippen molar-refractivity contribution in [1.82, 2.24) is 19.2 Å². The summed E-state index contributed by atoms with van der Waals surface area (Å²) in [6.45, 7) is 21.7. The summed E-state index contributed by atoms with van der Waals surface area (Å²) in [6.07, 6.45) is 3.77. The maximum absolute atomic E-state index is 13.2. The van der Waals surface area contributed by atoms with E-state index in [2.05, 4.69) is 64.9 Å². The van der Waals surface area contributed by atoms with Gasteiger partial charge in [-0.05, 0) is 68.6 Å². The van der Waals surface area contributed by atoms with E-state index in [0.29, 0.717) is 11.5 Å². The third-order valence-corrected chi connectivity index (χ3v) is 6.93. The van der Waals surface area contributed by atoms with Crippen molar-refractivity contribution in [2.45, 2.75) is 53.6 Å². The molecular formula is C29H38N4O2. The lowest BCUT2D eigenvalue weighted by Crippen LogP contribution is -2.45. The first kappa shape index (κ1) is 25.0. The van der Waals surface area contributed by atoms with Gasteiger partial charge in [0.25, 0.3) is 0 Å². The SMILES string of the molecule is C=C(c1c(C)c(C(=O)OC(C)C)cc2c(-c3ccnc(C(C)C)c3)ccn12)N1CCN(CC)CC1. The van der Waals surface area contributed by atoms with Crippen LogP contribution in [0.25, 0.3) is 22.3 Å². The number of likely N-dealkylation sites (N-methyl/N-ethyl adjacent to an activating group) is 1. The fourth-order valence-electron chi connectivity index (χ4n) is 4.84. The van der Waals surface area contributed by atoms with E-state index in [-0.39, 0.29) is 12.1 Å². The molecular weight excluding hydrogens is 436 g/mol. The Morgan fingerprint density at radius 2 is 1.83 bits per heavy atom. The molecule has 35 heavy (non-hydrogen) atoms. The Bertz CT molecular complexity index is 1230. The van der Waals surface area contributed by atoms with Crippen molar-refractivity contribution in [3.63, 3.8) is 0 Å². The molecule has 0 amide bonds. The van der Waals surface area contributed by atoms with Crippen LogP contribution in [0.1, 0.15) is 67.8 Å². The third kappa shape index (κ3) is 4.98. The highest BCUT2D eigenvalue weighted by Gasteiger charge is 2.25. The second kappa shape index (κ2) is 10.2. The summed E-state index contributed by atoms with van der Waals surface area (Å²) in [6, 6.07) is 8.27. The largest absolute Gasteiger partial charge is 0.459 e. The molecule has 0 unspecified atom stereocenters. The van der Waals surface area contributed by atoms with Gasteiger partial charge in [-0.1, -0.05) is 27.4 Å². The molecule has 4 rings (SSSR count). The highest BCUT2D eigenvalue weighted by Crippen LogP contribution is 2.34. The highest BCUT2D eigenvalue weighted by atomic mass is 16.5. The Morgan fingerprint density at radius 3 is 2.46 bits per heavy atom. The zero-order chi connectivity index (χ0) is 25.3. The second-order valence-corrected chi connectivity index (χ2v) is 9.96. The van der Waals surface area contributed by atoms with Crippen LogP contribution in [-0.2, 0) is 4.74 Å². The quantitative estimate of drug-likeness (QED) is 0.417. The molecule has 0 aliphatic carbocycles. The van der Waals surface area contributed by atoms with Crippen LogP contribution in [0, 0.1) is 6.92 Å². The van der Waals surface area contributed by atoms with E-state index in [9.17, 15) is 4.79 Å². The maximum Gasteiger partial charge on any atom is 0.338 e. The minimum atomic E-state index is -0.297. The molecule has 3 aromatic rings. The first-order chi connectivity index (χ1) is 16.7. The number of hydrogen-bond donors (Lipinski definition) is 0. The Hall–Kier alpha value is -3.12. The van der Waals surface area contributed by atoms with E-state index < -0.39 is 0 Å². The average molecular weight is 475 g/mol. The molecule has 0 atom stereocenters. The molecule has 186 valence electrons. The van der Waals surface area contributed by atoms with Gasteiger partial charge in [-0.15, -0.1) is 0 Å². The fourth-order valence-corrected chi connectivity index (χ4v) is 4.84. The topological polar surface area (TPSA) is 50.1 Å². The number of aromatic nitrogens is 2. The molecule has 1 fully saturated rings. The first-order valence-corrected chi connectivity index (χ1v) is 12.7. The minimum absolute atomic E-state index is 0.188. The van der Waals surface area contributed by atoms with Crippen molar-refractivity contribution in [2.75, 3.05) is 32.7 Å². The number of piperazine rings is 1. The molecule has 1 aliphatic heterocycles. The van der Waals surface area contributed by atoms with Gasteiger partial charge in [-0.25, -0.2) is 4.79 Å². The predicted molar refractivity (Wildman–Crippen MR) is 143 cm³/mol. The molecule has 1 saturated heterocycles. The zero-order valence-corrected chi connectivity index (χ0v) is 22.0. The summed E-state index contributed by atoms with van der Waals surface area (Å²) >= 11 is 0. The predicted octanol–water partition coefficient (Wildman–Crippen LogP) is 5.61. The Balaban J connectivity index is 1.86. The van der Waals surface area contributed by atoms with Crippen molar-refractivity contribution in [3.05, 3.63) is 65.8 Å². The van der Waals surface area contributed by atoms with Gasteiger partial charge in [-0.3, -0.25) is 4.98 Å². The molecule has 0 N–H and O–H groups in total. The second-order valence-electron chi connectivity index (χ2n) is 9.96. The van der Waals surface area contributed by atoms with Gasteiger partial charge < -0.3 is 18.9 Å². The van der Waals surface area contributed by atoms with Gasteiger partial charge in [0.1, 0.15) is 0 Å². The molecule has 0 saturated carbocycles. The monoisotopic (exact) mass is 474 g/mol. The summed E-state index contributed by atoms with van der Waals surface area (Å²) in [5, 5.41) is 0. The van der Waals surface area contributed by atoms with Crippen molar-refractivity contribution >= 4 is 17.2 Å². The number of esters is 1. The summed E-state index contributed by atoms with van der Waals surface area (Å²) in [5.74, 6) is 0.0365. The van der Waals surface area contributed by atoms with E-state index in [0.717, 1.165) is 72.0 Å². The van der Waals surface area contributed by atoms with Crippen molar-refractivity contribution in [2.24, 2.45) is 0 Å². The van der Waals surface area contributed by atoms with Gasteiger partial charge in [-0.2, -0.15) is 0 Å². The van der Waals surface area contributed by atoms with Gasteiger partial charge >= 0.3 is 5.97 Å². The van der Waals surface area contributed by atoms with E-state index in [1.165, 1.54) is 0 Å². The van der Waals surface area contributed by atoms with Crippen LogP contribution >= 0.6 is 0 Å².